The van der Waals surface area contributed by atoms with Crippen molar-refractivity contribution in [3.05, 3.63) is 52.6 Å². The van der Waals surface area contributed by atoms with Crippen LogP contribution in [-0.2, 0) is 20.7 Å². The fourth-order valence-electron chi connectivity index (χ4n) is 6.23. The molecule has 0 atom stereocenters. The summed E-state index contributed by atoms with van der Waals surface area (Å²) in [5.74, 6) is -0.148. The van der Waals surface area contributed by atoms with Crippen molar-refractivity contribution in [3.63, 3.8) is 0 Å². The summed E-state index contributed by atoms with van der Waals surface area (Å²) in [7, 11) is 2.25. The largest absolute Gasteiger partial charge is 0.444 e. The van der Waals surface area contributed by atoms with Gasteiger partial charge in [0.05, 0.1) is 32.4 Å². The lowest BCUT2D eigenvalue weighted by Gasteiger charge is -2.41. The highest BCUT2D eigenvalue weighted by Crippen LogP contribution is 2.20. The minimum absolute atomic E-state index is 0.120. The Morgan fingerprint density at radius 2 is 1.38 bits per heavy atom. The van der Waals surface area contributed by atoms with Gasteiger partial charge in [0, 0.05) is 57.7 Å². The van der Waals surface area contributed by atoms with Crippen LogP contribution in [0.3, 0.4) is 0 Å². The number of likely N-dealkylation sites (N-methyl/N-ethyl adjacent to an activating group) is 1. The van der Waals surface area contributed by atoms with Crippen molar-refractivity contribution in [1.29, 1.82) is 0 Å². The van der Waals surface area contributed by atoms with Crippen LogP contribution in [0.25, 0.3) is 5.69 Å². The maximum absolute atomic E-state index is 13.1. The number of piperazine rings is 1. The van der Waals surface area contributed by atoms with Crippen LogP contribution in [-0.4, -0.2) is 124 Å². The number of nitrogens with one attached hydrogen (secondary N) is 3. The van der Waals surface area contributed by atoms with Crippen molar-refractivity contribution >= 4 is 29.9 Å². The summed E-state index contributed by atoms with van der Waals surface area (Å²) in [6.07, 6.45) is 3.21. The number of piperidine rings is 1. The lowest BCUT2D eigenvalue weighted by Crippen LogP contribution is -2.60. The Bertz CT molecular complexity index is 1640. The maximum Gasteiger partial charge on any atom is 0.408 e. The third-order valence-electron chi connectivity index (χ3n) is 9.15. The molecule has 5 amide bonds. The number of quaternary nitrogens is 1. The molecule has 15 nitrogen and oxygen atoms in total. The lowest BCUT2D eigenvalue weighted by atomic mass is 10.0. The van der Waals surface area contributed by atoms with Crippen LogP contribution in [0.15, 0.2) is 41.3 Å². The van der Waals surface area contributed by atoms with Crippen molar-refractivity contribution in [2.24, 2.45) is 0 Å². The quantitative estimate of drug-likeness (QED) is 0.345. The number of hydrogen-bond acceptors (Lipinski definition) is 8. The van der Waals surface area contributed by atoms with Crippen LogP contribution >= 0.6 is 0 Å². The topological polar surface area (TPSA) is 164 Å². The van der Waals surface area contributed by atoms with Gasteiger partial charge in [-0.1, -0.05) is 12.1 Å². The molecule has 2 aliphatic heterocycles. The van der Waals surface area contributed by atoms with Gasteiger partial charge in [-0.15, -0.1) is 0 Å². The molecule has 1 aromatic carbocycles. The van der Waals surface area contributed by atoms with Crippen LogP contribution in [0.1, 0.15) is 73.8 Å². The summed E-state index contributed by atoms with van der Waals surface area (Å²) in [6, 6.07) is 9.07. The zero-order valence-electron chi connectivity index (χ0n) is 32.2. The molecule has 0 radical (unpaired) electrons. The van der Waals surface area contributed by atoms with Gasteiger partial charge in [-0.3, -0.25) is 14.7 Å². The summed E-state index contributed by atoms with van der Waals surface area (Å²) < 4.78 is 13.0. The van der Waals surface area contributed by atoms with E-state index in [1.807, 2.05) is 45.0 Å². The number of alkyl carbamates (subject to hydrolysis) is 2. The molecule has 2 aromatic rings. The van der Waals surface area contributed by atoms with Crippen molar-refractivity contribution in [2.75, 3.05) is 58.2 Å². The minimum atomic E-state index is -1.19. The predicted octanol–water partition coefficient (Wildman–Crippen LogP) is 3.89. The number of ether oxygens (including phenoxy) is 2. The molecule has 4 rings (SSSR count). The monoisotopic (exact) mass is 725 g/mol. The number of benzene rings is 1. The summed E-state index contributed by atoms with van der Waals surface area (Å²) in [5, 5.41) is 8.33. The van der Waals surface area contributed by atoms with Gasteiger partial charge in [0.1, 0.15) is 22.6 Å². The molecule has 0 saturated carbocycles. The third kappa shape index (κ3) is 11.7. The van der Waals surface area contributed by atoms with Gasteiger partial charge in [0.25, 0.3) is 0 Å². The fourth-order valence-corrected chi connectivity index (χ4v) is 6.23. The smallest absolute Gasteiger partial charge is 0.408 e. The SMILES string of the molecule is CC(C)(C)OC(=O)NC1CC[N+](C)(CCc2ccc(-n3ccc(NC(=O)N4CCN(C(=O)C(C)(C)NC(=O)OC(C)(C)C)CC4)nc3=O)cc2)CC1. The molecular formula is C37H57N8O7+. The van der Waals surface area contributed by atoms with Crippen molar-refractivity contribution in [3.8, 4) is 5.69 Å². The van der Waals surface area contributed by atoms with E-state index in [2.05, 4.69) is 28.0 Å². The zero-order valence-corrected chi connectivity index (χ0v) is 32.2. The van der Waals surface area contributed by atoms with Gasteiger partial charge in [-0.25, -0.2) is 19.2 Å². The zero-order chi connectivity index (χ0) is 38.5. The number of aromatic nitrogens is 2. The van der Waals surface area contributed by atoms with E-state index in [0.717, 1.165) is 48.9 Å². The highest BCUT2D eigenvalue weighted by molar-refractivity contribution is 5.90. The first-order valence-corrected chi connectivity index (χ1v) is 18.0. The number of nitrogens with zero attached hydrogens (tertiary/aromatic N) is 5. The number of amides is 5. The number of carbonyl (C=O) groups excluding carboxylic acids is 4. The normalized spacial score (nSPS) is 19.8. The van der Waals surface area contributed by atoms with Crippen LogP contribution in [0.2, 0.25) is 0 Å². The van der Waals surface area contributed by atoms with Crippen molar-refractivity contribution in [2.45, 2.75) is 97.4 Å². The molecule has 0 aliphatic carbocycles. The first-order valence-electron chi connectivity index (χ1n) is 18.0. The molecule has 0 unspecified atom stereocenters. The summed E-state index contributed by atoms with van der Waals surface area (Å²) in [6.45, 7) is 18.0. The van der Waals surface area contributed by atoms with E-state index in [1.165, 1.54) is 4.57 Å². The summed E-state index contributed by atoms with van der Waals surface area (Å²) >= 11 is 0. The minimum Gasteiger partial charge on any atom is -0.444 e. The standard InChI is InChI=1S/C37H56N8O7/c1-35(2,3)51-33(49)38-27-16-24-45(9,25-17-27)23-15-26-10-12-28(13-11-26)44-18-14-29(40-32(44)48)39-31(47)43-21-19-42(20-22-43)30(46)37(7,8)41-34(50)52-36(4,5)6/h10-14,18,27H,15-17,19-25H2,1-9H3,(H2-,38,39,40,41,47,48,49,50)/p+1. The molecule has 3 N–H and O–H groups in total. The van der Waals surface area contributed by atoms with Gasteiger partial charge in [0.15, 0.2) is 0 Å². The van der Waals surface area contributed by atoms with Crippen LogP contribution in [0.4, 0.5) is 20.2 Å². The number of carbonyl (C=O) groups is 4. The highest BCUT2D eigenvalue weighted by Gasteiger charge is 2.37. The maximum atomic E-state index is 13.1. The van der Waals surface area contributed by atoms with Gasteiger partial charge >= 0.3 is 23.9 Å². The number of rotatable bonds is 8. The van der Waals surface area contributed by atoms with Gasteiger partial charge < -0.3 is 34.4 Å². The van der Waals surface area contributed by atoms with Crippen LogP contribution in [0.5, 0.6) is 0 Å². The number of hydrogen-bond donors (Lipinski definition) is 3. The summed E-state index contributed by atoms with van der Waals surface area (Å²) in [4.78, 5) is 70.7. The van der Waals surface area contributed by atoms with Gasteiger partial charge in [-0.05, 0) is 79.2 Å². The molecule has 0 bridgehead atoms. The first-order chi connectivity index (χ1) is 24.1. The molecule has 15 heteroatoms. The van der Waals surface area contributed by atoms with E-state index in [1.54, 1.807) is 56.7 Å². The Hall–Kier alpha value is -4.66. The second-order valence-corrected chi connectivity index (χ2v) is 16.6. The molecule has 0 spiro atoms. The van der Waals surface area contributed by atoms with Crippen LogP contribution < -0.4 is 21.6 Å². The molecule has 2 aliphatic rings. The number of likely N-dealkylation sites (tertiary alicyclic amines) is 1. The Morgan fingerprint density at radius 3 is 1.94 bits per heavy atom. The molecule has 286 valence electrons. The van der Waals surface area contributed by atoms with Crippen LogP contribution in [0, 0.1) is 0 Å². The van der Waals surface area contributed by atoms with E-state index in [4.69, 9.17) is 9.47 Å². The predicted molar refractivity (Wildman–Crippen MR) is 197 cm³/mol. The molecule has 52 heavy (non-hydrogen) atoms. The molecular weight excluding hydrogens is 668 g/mol. The second kappa shape index (κ2) is 15.9. The molecule has 3 heterocycles. The van der Waals surface area contributed by atoms with E-state index in [-0.39, 0.29) is 50.0 Å². The van der Waals surface area contributed by atoms with Gasteiger partial charge in [0.2, 0.25) is 5.91 Å². The van der Waals surface area contributed by atoms with E-state index >= 15 is 0 Å². The average molecular weight is 726 g/mol. The fraction of sp³-hybridized carbons (Fsp3) is 0.622. The van der Waals surface area contributed by atoms with E-state index in [9.17, 15) is 24.0 Å². The molecule has 2 saturated heterocycles. The van der Waals surface area contributed by atoms with E-state index in [0.29, 0.717) is 5.69 Å². The van der Waals surface area contributed by atoms with E-state index < -0.39 is 34.6 Å². The van der Waals surface area contributed by atoms with Crippen molar-refractivity contribution in [1.82, 2.24) is 30.0 Å². The number of anilines is 1. The lowest BCUT2D eigenvalue weighted by molar-refractivity contribution is -0.914. The third-order valence-corrected chi connectivity index (χ3v) is 9.15. The Morgan fingerprint density at radius 1 is 0.827 bits per heavy atom. The average Bonchev–Trinajstić information content (AvgIpc) is 3.03. The Kier molecular flexibility index (Phi) is 12.3. The van der Waals surface area contributed by atoms with Gasteiger partial charge in [-0.2, -0.15) is 4.98 Å². The molecule has 2 fully saturated rings. The first kappa shape index (κ1) is 40.1. The second-order valence-electron chi connectivity index (χ2n) is 16.6. The summed E-state index contributed by atoms with van der Waals surface area (Å²) in [5.41, 5.74) is -1.10. The highest BCUT2D eigenvalue weighted by atomic mass is 16.6. The number of urea groups is 1. The Labute approximate surface area is 306 Å². The van der Waals surface area contributed by atoms with Crippen molar-refractivity contribution < 1.29 is 33.1 Å². The molecule has 1 aromatic heterocycles. The Balaban J connectivity index is 1.23.